The number of carbonyl (C=O) groups is 1. The molecule has 0 amide bonds. The Balaban J connectivity index is 1.49. The summed E-state index contributed by atoms with van der Waals surface area (Å²) in [6, 6.07) is 15.5. The standard InChI is InChI=1S/C22H16Cl2N2O5S2/c1-30-15-5-3-14(4-6-15)26-33(28,29)16-7-9-21-19(11-16)25-22(31-21)32-12-20(27)17-10-13(23)2-8-18(17)24/h2-11,26H,12H2,1H3. The van der Waals surface area contributed by atoms with E-state index in [1.54, 1.807) is 36.4 Å². The number of carbonyl (C=O) groups excluding carboxylic acids is 1. The molecule has 0 aliphatic rings. The van der Waals surface area contributed by atoms with Crippen LogP contribution in [0.4, 0.5) is 5.69 Å². The molecule has 0 aliphatic carbocycles. The van der Waals surface area contributed by atoms with Crippen LogP contribution in [-0.2, 0) is 10.0 Å². The van der Waals surface area contributed by atoms with Crippen LogP contribution >= 0.6 is 35.0 Å². The molecule has 3 aromatic carbocycles. The van der Waals surface area contributed by atoms with Crippen LogP contribution < -0.4 is 9.46 Å². The van der Waals surface area contributed by atoms with Crippen LogP contribution in [0.1, 0.15) is 10.4 Å². The van der Waals surface area contributed by atoms with Crippen LogP contribution in [0.25, 0.3) is 11.1 Å². The summed E-state index contributed by atoms with van der Waals surface area (Å²) in [6.07, 6.45) is 0. The predicted molar refractivity (Wildman–Crippen MR) is 129 cm³/mol. The van der Waals surface area contributed by atoms with Gasteiger partial charge < -0.3 is 9.15 Å². The Labute approximate surface area is 204 Å². The number of nitrogens with one attached hydrogen (secondary N) is 1. The number of ether oxygens (including phenoxy) is 1. The molecule has 0 spiro atoms. The summed E-state index contributed by atoms with van der Waals surface area (Å²) in [4.78, 5) is 16.8. The first kappa shape index (κ1) is 23.4. The second kappa shape index (κ2) is 9.64. The summed E-state index contributed by atoms with van der Waals surface area (Å²) in [6.45, 7) is 0. The minimum Gasteiger partial charge on any atom is -0.497 e. The molecular formula is C22H16Cl2N2O5S2. The van der Waals surface area contributed by atoms with Crippen molar-refractivity contribution in [1.82, 2.24) is 4.98 Å². The molecule has 7 nitrogen and oxygen atoms in total. The molecule has 0 saturated heterocycles. The molecule has 0 bridgehead atoms. The van der Waals surface area contributed by atoms with E-state index < -0.39 is 10.0 Å². The molecule has 0 unspecified atom stereocenters. The highest BCUT2D eigenvalue weighted by Gasteiger charge is 2.18. The minimum absolute atomic E-state index is 0.0249. The van der Waals surface area contributed by atoms with Gasteiger partial charge in [0.2, 0.25) is 0 Å². The SMILES string of the molecule is COc1ccc(NS(=O)(=O)c2ccc3oc(SCC(=O)c4cc(Cl)ccc4Cl)nc3c2)cc1. The maximum Gasteiger partial charge on any atom is 0.261 e. The van der Waals surface area contributed by atoms with Gasteiger partial charge in [0.05, 0.1) is 22.8 Å². The number of benzene rings is 3. The Morgan fingerprint density at radius 3 is 2.58 bits per heavy atom. The van der Waals surface area contributed by atoms with Gasteiger partial charge in [0.1, 0.15) is 11.3 Å². The van der Waals surface area contributed by atoms with Crippen molar-refractivity contribution in [2.75, 3.05) is 17.6 Å². The number of halogens is 2. The number of hydrogen-bond acceptors (Lipinski definition) is 7. The number of rotatable bonds is 8. The summed E-state index contributed by atoms with van der Waals surface area (Å²) in [5.74, 6) is 0.404. The van der Waals surface area contributed by atoms with E-state index in [2.05, 4.69) is 9.71 Å². The van der Waals surface area contributed by atoms with Crippen molar-refractivity contribution in [3.05, 3.63) is 76.3 Å². The first-order valence-corrected chi connectivity index (χ1v) is 12.7. The number of Topliss-reactive ketones (excluding diaryl/α,β-unsaturated/α-hetero) is 1. The molecule has 1 heterocycles. The number of nitrogens with zero attached hydrogens (tertiary/aromatic N) is 1. The molecular weight excluding hydrogens is 507 g/mol. The van der Waals surface area contributed by atoms with Gasteiger partial charge in [-0.05, 0) is 60.7 Å². The second-order valence-electron chi connectivity index (χ2n) is 6.78. The average Bonchev–Trinajstić information content (AvgIpc) is 3.21. The summed E-state index contributed by atoms with van der Waals surface area (Å²) in [5, 5.41) is 0.947. The molecule has 1 aromatic heterocycles. The van der Waals surface area contributed by atoms with Gasteiger partial charge in [0.25, 0.3) is 15.2 Å². The fraction of sp³-hybridized carbons (Fsp3) is 0.0909. The summed E-state index contributed by atoms with van der Waals surface area (Å²) < 4.78 is 38.7. The summed E-state index contributed by atoms with van der Waals surface area (Å²) >= 11 is 13.1. The van der Waals surface area contributed by atoms with Crippen molar-refractivity contribution in [2.24, 2.45) is 0 Å². The number of fused-ring (bicyclic) bond motifs is 1. The van der Waals surface area contributed by atoms with Gasteiger partial charge in [-0.2, -0.15) is 0 Å². The van der Waals surface area contributed by atoms with Crippen LogP contribution in [0, 0.1) is 0 Å². The maximum atomic E-state index is 12.8. The maximum absolute atomic E-state index is 12.8. The number of sulfonamides is 1. The third-order valence-electron chi connectivity index (χ3n) is 4.55. The minimum atomic E-state index is -3.85. The first-order valence-electron chi connectivity index (χ1n) is 9.44. The lowest BCUT2D eigenvalue weighted by atomic mass is 10.1. The molecule has 0 saturated carbocycles. The van der Waals surface area contributed by atoms with E-state index in [1.807, 2.05) is 0 Å². The number of methoxy groups -OCH3 is 1. The van der Waals surface area contributed by atoms with Gasteiger partial charge in [0.15, 0.2) is 11.4 Å². The fourth-order valence-corrected chi connectivity index (χ4v) is 5.10. The van der Waals surface area contributed by atoms with Gasteiger partial charge >= 0.3 is 0 Å². The number of hydrogen-bond donors (Lipinski definition) is 1. The van der Waals surface area contributed by atoms with Crippen LogP contribution in [-0.4, -0.2) is 32.0 Å². The molecule has 0 atom stereocenters. The lowest BCUT2D eigenvalue weighted by Crippen LogP contribution is -2.12. The van der Waals surface area contributed by atoms with E-state index in [0.29, 0.717) is 38.1 Å². The van der Waals surface area contributed by atoms with Crippen LogP contribution in [0.3, 0.4) is 0 Å². The monoisotopic (exact) mass is 522 g/mol. The van der Waals surface area contributed by atoms with Crippen molar-refractivity contribution in [1.29, 1.82) is 0 Å². The lowest BCUT2D eigenvalue weighted by Gasteiger charge is -2.08. The zero-order valence-electron chi connectivity index (χ0n) is 17.0. The Morgan fingerprint density at radius 1 is 1.09 bits per heavy atom. The average molecular weight is 523 g/mol. The topological polar surface area (TPSA) is 98.5 Å². The van der Waals surface area contributed by atoms with E-state index in [1.165, 1.54) is 31.4 Å². The zero-order valence-corrected chi connectivity index (χ0v) is 20.2. The molecule has 4 aromatic rings. The van der Waals surface area contributed by atoms with Gasteiger partial charge in [0, 0.05) is 16.3 Å². The first-order chi connectivity index (χ1) is 15.7. The Morgan fingerprint density at radius 2 is 1.85 bits per heavy atom. The van der Waals surface area contributed by atoms with E-state index in [0.717, 1.165) is 11.8 Å². The highest BCUT2D eigenvalue weighted by Crippen LogP contribution is 2.28. The van der Waals surface area contributed by atoms with Crippen molar-refractivity contribution in [3.63, 3.8) is 0 Å². The summed E-state index contributed by atoms with van der Waals surface area (Å²) in [7, 11) is -2.32. The van der Waals surface area contributed by atoms with E-state index in [4.69, 9.17) is 32.4 Å². The second-order valence-corrected chi connectivity index (χ2v) is 10.2. The van der Waals surface area contributed by atoms with E-state index in [9.17, 15) is 13.2 Å². The molecule has 0 aliphatic heterocycles. The van der Waals surface area contributed by atoms with Crippen molar-refractivity contribution in [3.8, 4) is 5.75 Å². The van der Waals surface area contributed by atoms with Crippen LogP contribution in [0.15, 0.2) is 75.2 Å². The summed E-state index contributed by atoms with van der Waals surface area (Å²) in [5.41, 5.74) is 1.45. The highest BCUT2D eigenvalue weighted by atomic mass is 35.5. The normalized spacial score (nSPS) is 11.5. The molecule has 33 heavy (non-hydrogen) atoms. The molecule has 0 fully saturated rings. The van der Waals surface area contributed by atoms with Crippen molar-refractivity contribution in [2.45, 2.75) is 10.1 Å². The Bertz CT molecular complexity index is 1440. The highest BCUT2D eigenvalue weighted by molar-refractivity contribution is 7.99. The van der Waals surface area contributed by atoms with E-state index >= 15 is 0 Å². The third-order valence-corrected chi connectivity index (χ3v) is 7.32. The molecule has 11 heteroatoms. The van der Waals surface area contributed by atoms with Crippen molar-refractivity contribution < 1.29 is 22.4 Å². The number of thioether (sulfide) groups is 1. The molecule has 4 rings (SSSR count). The Hall–Kier alpha value is -2.72. The fourth-order valence-electron chi connectivity index (χ4n) is 2.90. The predicted octanol–water partition coefficient (Wildman–Crippen LogP) is 5.92. The smallest absolute Gasteiger partial charge is 0.261 e. The van der Waals surface area contributed by atoms with Crippen LogP contribution in [0.2, 0.25) is 10.0 Å². The third kappa shape index (κ3) is 5.44. The van der Waals surface area contributed by atoms with Gasteiger partial charge in [-0.15, -0.1) is 0 Å². The molecule has 170 valence electrons. The van der Waals surface area contributed by atoms with E-state index in [-0.39, 0.29) is 21.7 Å². The number of ketones is 1. The van der Waals surface area contributed by atoms with Gasteiger partial charge in [-0.3, -0.25) is 9.52 Å². The largest absolute Gasteiger partial charge is 0.497 e. The van der Waals surface area contributed by atoms with Crippen LogP contribution in [0.5, 0.6) is 5.75 Å². The number of oxazole rings is 1. The zero-order chi connectivity index (χ0) is 23.6. The number of anilines is 1. The van der Waals surface area contributed by atoms with Crippen molar-refractivity contribution >= 4 is 67.6 Å². The quantitative estimate of drug-likeness (QED) is 0.226. The van der Waals surface area contributed by atoms with Gasteiger partial charge in [-0.1, -0.05) is 35.0 Å². The molecule has 0 radical (unpaired) electrons. The Kier molecular flexibility index (Phi) is 6.85. The lowest BCUT2D eigenvalue weighted by molar-refractivity contribution is 0.102. The number of aromatic nitrogens is 1. The molecule has 1 N–H and O–H groups in total. The van der Waals surface area contributed by atoms with Gasteiger partial charge in [-0.25, -0.2) is 13.4 Å².